The van der Waals surface area contributed by atoms with Gasteiger partial charge in [0.05, 0.1) is 17.2 Å². The van der Waals surface area contributed by atoms with Crippen molar-refractivity contribution in [2.45, 2.75) is 19.5 Å². The van der Waals surface area contributed by atoms with Crippen molar-refractivity contribution in [3.63, 3.8) is 0 Å². The van der Waals surface area contributed by atoms with Gasteiger partial charge in [-0.3, -0.25) is 14.9 Å². The van der Waals surface area contributed by atoms with Crippen LogP contribution in [0.3, 0.4) is 0 Å². The molecular weight excluding hydrogens is 326 g/mol. The van der Waals surface area contributed by atoms with E-state index in [2.05, 4.69) is 15.4 Å². The minimum atomic E-state index is -0.472. The lowest BCUT2D eigenvalue weighted by atomic mass is 10.2. The Morgan fingerprint density at radius 3 is 2.76 bits per heavy atom. The Morgan fingerprint density at radius 2 is 2.12 bits per heavy atom. The highest BCUT2D eigenvalue weighted by Crippen LogP contribution is 2.19. The SMILES string of the molecule is C[C@@H](NC(=O)Cn1cnc(-c2ccc([N+](=O)[O-])cc2)n1)c1ccco1. The molecule has 0 spiro atoms. The van der Waals surface area contributed by atoms with Crippen molar-refractivity contribution in [3.05, 3.63) is 64.9 Å². The Kier molecular flexibility index (Phi) is 4.55. The van der Waals surface area contributed by atoms with Gasteiger partial charge in [-0.15, -0.1) is 0 Å². The van der Waals surface area contributed by atoms with Gasteiger partial charge in [0.25, 0.3) is 5.69 Å². The fourth-order valence-electron chi connectivity index (χ4n) is 2.28. The average Bonchev–Trinajstić information content (AvgIpc) is 3.26. The predicted molar refractivity (Wildman–Crippen MR) is 87.4 cm³/mol. The number of nitro benzene ring substituents is 1. The molecule has 25 heavy (non-hydrogen) atoms. The monoisotopic (exact) mass is 341 g/mol. The molecule has 2 heterocycles. The van der Waals surface area contributed by atoms with Crippen LogP contribution in [0.15, 0.2) is 53.4 Å². The van der Waals surface area contributed by atoms with Gasteiger partial charge in [0.15, 0.2) is 5.82 Å². The zero-order chi connectivity index (χ0) is 17.8. The third-order valence-corrected chi connectivity index (χ3v) is 3.53. The number of rotatable bonds is 6. The number of hydrogen-bond acceptors (Lipinski definition) is 6. The molecule has 0 radical (unpaired) electrons. The highest BCUT2D eigenvalue weighted by Gasteiger charge is 2.14. The van der Waals surface area contributed by atoms with Crippen molar-refractivity contribution >= 4 is 11.6 Å². The molecule has 9 nitrogen and oxygen atoms in total. The third kappa shape index (κ3) is 3.89. The Hall–Kier alpha value is -3.49. The van der Waals surface area contributed by atoms with Crippen molar-refractivity contribution < 1.29 is 14.1 Å². The van der Waals surface area contributed by atoms with Gasteiger partial charge >= 0.3 is 0 Å². The number of carbonyl (C=O) groups excluding carboxylic acids is 1. The fraction of sp³-hybridized carbons (Fsp3) is 0.188. The molecule has 0 unspecified atom stereocenters. The van der Waals surface area contributed by atoms with Gasteiger partial charge < -0.3 is 9.73 Å². The normalized spacial score (nSPS) is 11.9. The molecule has 1 atom stereocenters. The van der Waals surface area contributed by atoms with E-state index in [1.54, 1.807) is 30.5 Å². The van der Waals surface area contributed by atoms with Crippen LogP contribution in [-0.4, -0.2) is 25.6 Å². The molecule has 1 N–H and O–H groups in total. The number of amides is 1. The number of carbonyl (C=O) groups is 1. The molecule has 9 heteroatoms. The van der Waals surface area contributed by atoms with E-state index in [1.807, 2.05) is 6.92 Å². The maximum atomic E-state index is 12.1. The number of nitro groups is 1. The first-order valence-electron chi connectivity index (χ1n) is 7.50. The molecule has 0 saturated heterocycles. The molecule has 0 bridgehead atoms. The second kappa shape index (κ2) is 6.95. The van der Waals surface area contributed by atoms with E-state index in [4.69, 9.17) is 4.42 Å². The van der Waals surface area contributed by atoms with Crippen LogP contribution < -0.4 is 5.32 Å². The van der Waals surface area contributed by atoms with Crippen LogP contribution in [0.5, 0.6) is 0 Å². The molecule has 0 aliphatic carbocycles. The van der Waals surface area contributed by atoms with Gasteiger partial charge in [-0.05, 0) is 31.2 Å². The molecule has 1 aromatic carbocycles. The van der Waals surface area contributed by atoms with Gasteiger partial charge in [0.1, 0.15) is 18.6 Å². The molecule has 1 amide bonds. The highest BCUT2D eigenvalue weighted by molar-refractivity contribution is 5.76. The summed E-state index contributed by atoms with van der Waals surface area (Å²) < 4.78 is 6.64. The van der Waals surface area contributed by atoms with E-state index >= 15 is 0 Å². The van der Waals surface area contributed by atoms with Crippen LogP contribution in [0.25, 0.3) is 11.4 Å². The predicted octanol–water partition coefficient (Wildman–Crippen LogP) is 2.32. The van der Waals surface area contributed by atoms with Gasteiger partial charge in [-0.25, -0.2) is 9.67 Å². The molecule has 2 aromatic heterocycles. The third-order valence-electron chi connectivity index (χ3n) is 3.53. The van der Waals surface area contributed by atoms with Crippen molar-refractivity contribution in [1.82, 2.24) is 20.1 Å². The molecule has 128 valence electrons. The summed E-state index contributed by atoms with van der Waals surface area (Å²) in [5, 5.41) is 17.7. The fourth-order valence-corrected chi connectivity index (χ4v) is 2.28. The summed E-state index contributed by atoms with van der Waals surface area (Å²) in [6.07, 6.45) is 2.99. The maximum absolute atomic E-state index is 12.1. The van der Waals surface area contributed by atoms with Crippen molar-refractivity contribution in [3.8, 4) is 11.4 Å². The summed E-state index contributed by atoms with van der Waals surface area (Å²) in [6.45, 7) is 1.82. The number of nitrogens with one attached hydrogen (secondary N) is 1. The van der Waals surface area contributed by atoms with Gasteiger partial charge in [0.2, 0.25) is 5.91 Å². The molecule has 0 aliphatic rings. The van der Waals surface area contributed by atoms with E-state index in [0.29, 0.717) is 17.1 Å². The zero-order valence-corrected chi connectivity index (χ0v) is 13.3. The van der Waals surface area contributed by atoms with Crippen LogP contribution in [0.4, 0.5) is 5.69 Å². The van der Waals surface area contributed by atoms with E-state index in [9.17, 15) is 14.9 Å². The summed E-state index contributed by atoms with van der Waals surface area (Å²) in [5.41, 5.74) is 0.628. The topological polar surface area (TPSA) is 116 Å². The summed E-state index contributed by atoms with van der Waals surface area (Å²) >= 11 is 0. The lowest BCUT2D eigenvalue weighted by Gasteiger charge is -2.11. The average molecular weight is 341 g/mol. The number of hydrogen-bond donors (Lipinski definition) is 1. The van der Waals surface area contributed by atoms with Crippen LogP contribution in [-0.2, 0) is 11.3 Å². The molecular formula is C16H15N5O4. The quantitative estimate of drug-likeness (QED) is 0.543. The van der Waals surface area contributed by atoms with E-state index in [-0.39, 0.29) is 24.2 Å². The molecule has 3 aromatic rings. The smallest absolute Gasteiger partial charge is 0.269 e. The number of non-ortho nitro benzene ring substituents is 1. The van der Waals surface area contributed by atoms with Crippen molar-refractivity contribution in [2.24, 2.45) is 0 Å². The van der Waals surface area contributed by atoms with Crippen LogP contribution in [0.2, 0.25) is 0 Å². The van der Waals surface area contributed by atoms with Crippen LogP contribution in [0, 0.1) is 10.1 Å². The Morgan fingerprint density at radius 1 is 1.36 bits per heavy atom. The second-order valence-corrected chi connectivity index (χ2v) is 5.37. The molecule has 0 saturated carbocycles. The summed E-state index contributed by atoms with van der Waals surface area (Å²) in [7, 11) is 0. The Labute approximate surface area is 142 Å². The highest BCUT2D eigenvalue weighted by atomic mass is 16.6. The second-order valence-electron chi connectivity index (χ2n) is 5.37. The van der Waals surface area contributed by atoms with Crippen molar-refractivity contribution in [1.29, 1.82) is 0 Å². The first kappa shape index (κ1) is 16.4. The number of benzene rings is 1. The molecule has 0 fully saturated rings. The van der Waals surface area contributed by atoms with Gasteiger partial charge in [0, 0.05) is 17.7 Å². The molecule has 3 rings (SSSR count). The summed E-state index contributed by atoms with van der Waals surface area (Å²) in [5.74, 6) is 0.823. The molecule has 0 aliphatic heterocycles. The van der Waals surface area contributed by atoms with Gasteiger partial charge in [-0.1, -0.05) is 0 Å². The lowest BCUT2D eigenvalue weighted by molar-refractivity contribution is -0.384. The first-order chi connectivity index (χ1) is 12.0. The zero-order valence-electron chi connectivity index (χ0n) is 13.3. The van der Waals surface area contributed by atoms with E-state index in [0.717, 1.165) is 0 Å². The summed E-state index contributed by atoms with van der Waals surface area (Å²) in [6, 6.07) is 9.19. The summed E-state index contributed by atoms with van der Waals surface area (Å²) in [4.78, 5) is 26.4. The standard InChI is InChI=1S/C16H15N5O4/c1-11(14-3-2-8-25-14)18-15(22)9-20-10-17-16(19-20)12-4-6-13(7-5-12)21(23)24/h2-8,10-11H,9H2,1H3,(H,18,22)/t11-/m1/s1. The Balaban J connectivity index is 1.63. The largest absolute Gasteiger partial charge is 0.467 e. The van der Waals surface area contributed by atoms with Crippen LogP contribution >= 0.6 is 0 Å². The number of nitrogens with zero attached hydrogens (tertiary/aromatic N) is 4. The number of aromatic nitrogens is 3. The van der Waals surface area contributed by atoms with E-state index < -0.39 is 4.92 Å². The maximum Gasteiger partial charge on any atom is 0.269 e. The first-order valence-corrected chi connectivity index (χ1v) is 7.50. The van der Waals surface area contributed by atoms with E-state index in [1.165, 1.54) is 23.1 Å². The van der Waals surface area contributed by atoms with Gasteiger partial charge in [-0.2, -0.15) is 5.10 Å². The minimum absolute atomic E-state index is 0.00499. The minimum Gasteiger partial charge on any atom is -0.467 e. The van der Waals surface area contributed by atoms with Crippen molar-refractivity contribution in [2.75, 3.05) is 0 Å². The number of furan rings is 1. The lowest BCUT2D eigenvalue weighted by Crippen LogP contribution is -2.30. The Bertz CT molecular complexity index is 870. The van der Waals surface area contributed by atoms with Crippen LogP contribution in [0.1, 0.15) is 18.7 Å².